The SMILES string of the molecule is Cc1cc(N)c(Cl)cc1NC1CCN(C2CC2)C1. The number of nitrogens with one attached hydrogen (secondary N) is 1. The number of aryl methyl sites for hydroxylation is 1. The highest BCUT2D eigenvalue weighted by Crippen LogP contribution is 2.32. The fourth-order valence-corrected chi connectivity index (χ4v) is 2.92. The van der Waals surface area contributed by atoms with Crippen molar-refractivity contribution in [3.63, 3.8) is 0 Å². The molecule has 3 nitrogen and oxygen atoms in total. The Morgan fingerprint density at radius 2 is 2.11 bits per heavy atom. The van der Waals surface area contributed by atoms with E-state index in [9.17, 15) is 0 Å². The lowest BCUT2D eigenvalue weighted by Crippen LogP contribution is -2.27. The summed E-state index contributed by atoms with van der Waals surface area (Å²) >= 11 is 6.08. The number of hydrogen-bond donors (Lipinski definition) is 2. The summed E-state index contributed by atoms with van der Waals surface area (Å²) < 4.78 is 0. The minimum Gasteiger partial charge on any atom is -0.398 e. The fourth-order valence-electron chi connectivity index (χ4n) is 2.76. The molecular formula is C14H20ClN3. The lowest BCUT2D eigenvalue weighted by Gasteiger charge is -2.18. The van der Waals surface area contributed by atoms with Gasteiger partial charge in [-0.25, -0.2) is 0 Å². The van der Waals surface area contributed by atoms with E-state index in [0.717, 1.165) is 18.3 Å². The summed E-state index contributed by atoms with van der Waals surface area (Å²) in [4.78, 5) is 2.60. The molecule has 0 amide bonds. The minimum absolute atomic E-state index is 0.545. The second kappa shape index (κ2) is 4.63. The zero-order chi connectivity index (χ0) is 12.7. The standard InChI is InChI=1S/C14H20ClN3/c1-9-6-13(16)12(15)7-14(9)17-10-4-5-18(8-10)11-2-3-11/h6-7,10-11,17H,2-5,8,16H2,1H3. The molecule has 4 heteroatoms. The maximum absolute atomic E-state index is 6.08. The fraction of sp³-hybridized carbons (Fsp3) is 0.571. The van der Waals surface area contributed by atoms with Gasteiger partial charge in [-0.1, -0.05) is 11.6 Å². The van der Waals surface area contributed by atoms with Gasteiger partial charge in [0, 0.05) is 30.9 Å². The van der Waals surface area contributed by atoms with Crippen LogP contribution < -0.4 is 11.1 Å². The first-order valence-corrected chi connectivity index (χ1v) is 7.07. The molecule has 0 spiro atoms. The number of likely N-dealkylation sites (tertiary alicyclic amines) is 1. The van der Waals surface area contributed by atoms with E-state index in [1.54, 1.807) is 0 Å². The van der Waals surface area contributed by atoms with Gasteiger partial charge >= 0.3 is 0 Å². The van der Waals surface area contributed by atoms with Crippen LogP contribution in [0.2, 0.25) is 5.02 Å². The topological polar surface area (TPSA) is 41.3 Å². The molecule has 1 saturated carbocycles. The molecule has 98 valence electrons. The maximum Gasteiger partial charge on any atom is 0.0656 e. The van der Waals surface area contributed by atoms with E-state index in [0.29, 0.717) is 16.8 Å². The molecule has 1 atom stereocenters. The monoisotopic (exact) mass is 265 g/mol. The predicted octanol–water partition coefficient (Wildman–Crippen LogP) is 2.88. The average molecular weight is 266 g/mol. The number of hydrogen-bond acceptors (Lipinski definition) is 3. The number of anilines is 2. The molecule has 0 aromatic heterocycles. The van der Waals surface area contributed by atoms with Crippen molar-refractivity contribution in [2.24, 2.45) is 0 Å². The smallest absolute Gasteiger partial charge is 0.0656 e. The molecule has 18 heavy (non-hydrogen) atoms. The molecule has 2 aliphatic rings. The van der Waals surface area contributed by atoms with Crippen LogP contribution in [0, 0.1) is 6.92 Å². The van der Waals surface area contributed by atoms with Crippen molar-refractivity contribution < 1.29 is 0 Å². The number of nitrogens with two attached hydrogens (primary N) is 1. The van der Waals surface area contributed by atoms with Crippen molar-refractivity contribution in [2.75, 3.05) is 24.1 Å². The van der Waals surface area contributed by atoms with Crippen LogP contribution in [0.4, 0.5) is 11.4 Å². The van der Waals surface area contributed by atoms with E-state index in [2.05, 4.69) is 17.1 Å². The number of rotatable bonds is 3. The number of nitrogen functional groups attached to an aromatic ring is 1. The summed E-state index contributed by atoms with van der Waals surface area (Å²) in [7, 11) is 0. The van der Waals surface area contributed by atoms with E-state index >= 15 is 0 Å². The molecule has 1 heterocycles. The Morgan fingerprint density at radius 3 is 2.83 bits per heavy atom. The highest BCUT2D eigenvalue weighted by Gasteiger charge is 2.34. The van der Waals surface area contributed by atoms with Crippen LogP contribution in [0.15, 0.2) is 12.1 Å². The Kier molecular flexibility index (Phi) is 3.12. The molecule has 1 aromatic carbocycles. The summed E-state index contributed by atoms with van der Waals surface area (Å²) in [5, 5.41) is 4.25. The van der Waals surface area contributed by atoms with Crippen molar-refractivity contribution in [1.29, 1.82) is 0 Å². The van der Waals surface area contributed by atoms with Gasteiger partial charge in [0.25, 0.3) is 0 Å². The molecule has 0 radical (unpaired) electrons. The van der Waals surface area contributed by atoms with Crippen molar-refractivity contribution in [3.8, 4) is 0 Å². The summed E-state index contributed by atoms with van der Waals surface area (Å²) in [6.07, 6.45) is 4.00. The molecule has 3 N–H and O–H groups in total. The first kappa shape index (κ1) is 12.1. The van der Waals surface area contributed by atoms with Gasteiger partial charge < -0.3 is 11.1 Å². The Morgan fingerprint density at radius 1 is 1.33 bits per heavy atom. The van der Waals surface area contributed by atoms with E-state index in [1.807, 2.05) is 12.1 Å². The average Bonchev–Trinajstić information content (AvgIpc) is 3.07. The Bertz CT molecular complexity index is 457. The highest BCUT2D eigenvalue weighted by molar-refractivity contribution is 6.33. The van der Waals surface area contributed by atoms with Gasteiger partial charge in [0.2, 0.25) is 0 Å². The Balaban J connectivity index is 1.67. The molecule has 1 aromatic rings. The Hall–Kier alpha value is -0.930. The predicted molar refractivity (Wildman–Crippen MR) is 77.2 cm³/mol. The van der Waals surface area contributed by atoms with E-state index in [-0.39, 0.29) is 0 Å². The second-order valence-electron chi connectivity index (χ2n) is 5.54. The summed E-state index contributed by atoms with van der Waals surface area (Å²) in [6.45, 7) is 4.46. The van der Waals surface area contributed by atoms with Crippen molar-refractivity contribution >= 4 is 23.0 Å². The van der Waals surface area contributed by atoms with Crippen molar-refractivity contribution in [3.05, 3.63) is 22.7 Å². The van der Waals surface area contributed by atoms with E-state index < -0.39 is 0 Å². The molecule has 0 bridgehead atoms. The second-order valence-corrected chi connectivity index (χ2v) is 5.95. The molecule has 1 saturated heterocycles. The summed E-state index contributed by atoms with van der Waals surface area (Å²) in [5.41, 5.74) is 8.75. The van der Waals surface area contributed by atoms with Gasteiger partial charge in [-0.15, -0.1) is 0 Å². The zero-order valence-corrected chi connectivity index (χ0v) is 11.5. The van der Waals surface area contributed by atoms with Gasteiger partial charge in [-0.2, -0.15) is 0 Å². The van der Waals surface area contributed by atoms with E-state index in [1.165, 1.54) is 31.4 Å². The Labute approximate surface area is 113 Å². The number of benzene rings is 1. The molecule has 3 rings (SSSR count). The number of nitrogens with zero attached hydrogens (tertiary/aromatic N) is 1. The van der Waals surface area contributed by atoms with E-state index in [4.69, 9.17) is 17.3 Å². The lowest BCUT2D eigenvalue weighted by atomic mass is 10.1. The molecule has 2 fully saturated rings. The zero-order valence-electron chi connectivity index (χ0n) is 10.7. The first-order valence-electron chi connectivity index (χ1n) is 6.69. The lowest BCUT2D eigenvalue weighted by molar-refractivity contribution is 0.326. The van der Waals surface area contributed by atoms with Gasteiger partial charge in [-0.3, -0.25) is 4.90 Å². The van der Waals surface area contributed by atoms with Crippen LogP contribution in [0.5, 0.6) is 0 Å². The molecule has 1 aliphatic heterocycles. The van der Waals surface area contributed by atoms with Crippen molar-refractivity contribution in [2.45, 2.75) is 38.3 Å². The third kappa shape index (κ3) is 2.43. The third-order valence-electron chi connectivity index (χ3n) is 3.99. The van der Waals surface area contributed by atoms with Crippen LogP contribution in [0.25, 0.3) is 0 Å². The third-order valence-corrected chi connectivity index (χ3v) is 4.31. The van der Waals surface area contributed by atoms with Crippen LogP contribution in [-0.2, 0) is 0 Å². The molecule has 1 unspecified atom stereocenters. The van der Waals surface area contributed by atoms with Crippen LogP contribution >= 0.6 is 11.6 Å². The van der Waals surface area contributed by atoms with Gasteiger partial charge in [0.15, 0.2) is 0 Å². The van der Waals surface area contributed by atoms with Gasteiger partial charge in [-0.05, 0) is 43.9 Å². The number of halogens is 1. The van der Waals surface area contributed by atoms with Crippen LogP contribution in [-0.4, -0.2) is 30.1 Å². The van der Waals surface area contributed by atoms with Crippen LogP contribution in [0.3, 0.4) is 0 Å². The molecular weight excluding hydrogens is 246 g/mol. The largest absolute Gasteiger partial charge is 0.398 e. The molecule has 1 aliphatic carbocycles. The van der Waals surface area contributed by atoms with Gasteiger partial charge in [0.1, 0.15) is 0 Å². The van der Waals surface area contributed by atoms with Crippen molar-refractivity contribution in [1.82, 2.24) is 4.90 Å². The summed E-state index contributed by atoms with van der Waals surface area (Å²) in [6, 6.07) is 5.31. The highest BCUT2D eigenvalue weighted by atomic mass is 35.5. The van der Waals surface area contributed by atoms with Crippen LogP contribution in [0.1, 0.15) is 24.8 Å². The minimum atomic E-state index is 0.545. The summed E-state index contributed by atoms with van der Waals surface area (Å²) in [5.74, 6) is 0. The maximum atomic E-state index is 6.08. The first-order chi connectivity index (χ1) is 8.63. The van der Waals surface area contributed by atoms with Gasteiger partial charge in [0.05, 0.1) is 10.7 Å². The quantitative estimate of drug-likeness (QED) is 0.826. The normalized spacial score (nSPS) is 24.4.